The SMILES string of the molecule is CSc1ccccc1C(=O)NCc1ccsc1. The molecule has 0 atom stereocenters. The molecule has 0 aliphatic rings. The minimum atomic E-state index is -0.0128. The Balaban J connectivity index is 2.04. The van der Waals surface area contributed by atoms with Crippen molar-refractivity contribution in [1.82, 2.24) is 5.32 Å². The monoisotopic (exact) mass is 263 g/mol. The summed E-state index contributed by atoms with van der Waals surface area (Å²) in [7, 11) is 0. The van der Waals surface area contributed by atoms with Gasteiger partial charge in [0.15, 0.2) is 0 Å². The summed E-state index contributed by atoms with van der Waals surface area (Å²) in [6.07, 6.45) is 1.98. The number of rotatable bonds is 4. The molecule has 0 aliphatic carbocycles. The van der Waals surface area contributed by atoms with Gasteiger partial charge in [-0.1, -0.05) is 12.1 Å². The van der Waals surface area contributed by atoms with Crippen molar-refractivity contribution in [3.63, 3.8) is 0 Å². The maximum absolute atomic E-state index is 12.0. The summed E-state index contributed by atoms with van der Waals surface area (Å²) in [5, 5.41) is 6.98. The van der Waals surface area contributed by atoms with Crippen LogP contribution < -0.4 is 5.32 Å². The lowest BCUT2D eigenvalue weighted by molar-refractivity contribution is 0.0948. The van der Waals surface area contributed by atoms with Gasteiger partial charge in [0.05, 0.1) is 5.56 Å². The molecule has 1 aromatic carbocycles. The van der Waals surface area contributed by atoms with E-state index in [0.717, 1.165) is 16.0 Å². The zero-order valence-electron chi connectivity index (χ0n) is 9.47. The van der Waals surface area contributed by atoms with E-state index in [4.69, 9.17) is 0 Å². The molecule has 0 saturated heterocycles. The van der Waals surface area contributed by atoms with Crippen LogP contribution in [0.3, 0.4) is 0 Å². The van der Waals surface area contributed by atoms with E-state index in [1.165, 1.54) is 0 Å². The summed E-state index contributed by atoms with van der Waals surface area (Å²) in [6, 6.07) is 9.67. The molecule has 0 fully saturated rings. The van der Waals surface area contributed by atoms with Crippen molar-refractivity contribution in [2.24, 2.45) is 0 Å². The maximum Gasteiger partial charge on any atom is 0.252 e. The lowest BCUT2D eigenvalue weighted by atomic mass is 10.2. The van der Waals surface area contributed by atoms with Gasteiger partial charge in [0.25, 0.3) is 5.91 Å². The number of hydrogen-bond acceptors (Lipinski definition) is 3. The third-order valence-electron chi connectivity index (χ3n) is 2.38. The molecular weight excluding hydrogens is 250 g/mol. The lowest BCUT2D eigenvalue weighted by Gasteiger charge is -2.07. The number of hydrogen-bond donors (Lipinski definition) is 1. The minimum Gasteiger partial charge on any atom is -0.348 e. The Morgan fingerprint density at radius 3 is 2.88 bits per heavy atom. The largest absolute Gasteiger partial charge is 0.348 e. The molecule has 4 heteroatoms. The summed E-state index contributed by atoms with van der Waals surface area (Å²) in [6.45, 7) is 0.588. The van der Waals surface area contributed by atoms with Gasteiger partial charge < -0.3 is 5.32 Å². The molecule has 0 aliphatic heterocycles. The molecule has 0 saturated carbocycles. The van der Waals surface area contributed by atoms with E-state index in [-0.39, 0.29) is 5.91 Å². The van der Waals surface area contributed by atoms with Crippen LogP contribution in [0.4, 0.5) is 0 Å². The summed E-state index contributed by atoms with van der Waals surface area (Å²) in [4.78, 5) is 13.0. The fraction of sp³-hybridized carbons (Fsp3) is 0.154. The van der Waals surface area contributed by atoms with Gasteiger partial charge in [-0.2, -0.15) is 11.3 Å². The van der Waals surface area contributed by atoms with Crippen LogP contribution in [0, 0.1) is 0 Å². The molecule has 1 N–H and O–H groups in total. The molecule has 0 unspecified atom stereocenters. The first kappa shape index (κ1) is 12.2. The van der Waals surface area contributed by atoms with E-state index in [0.29, 0.717) is 6.54 Å². The highest BCUT2D eigenvalue weighted by Crippen LogP contribution is 2.19. The van der Waals surface area contributed by atoms with E-state index in [1.54, 1.807) is 23.1 Å². The summed E-state index contributed by atoms with van der Waals surface area (Å²) < 4.78 is 0. The predicted molar refractivity (Wildman–Crippen MR) is 73.7 cm³/mol. The summed E-state index contributed by atoms with van der Waals surface area (Å²) >= 11 is 3.23. The first-order chi connectivity index (χ1) is 8.31. The number of benzene rings is 1. The Morgan fingerprint density at radius 2 is 2.18 bits per heavy atom. The average molecular weight is 263 g/mol. The van der Waals surface area contributed by atoms with Crippen molar-refractivity contribution in [2.75, 3.05) is 6.26 Å². The summed E-state index contributed by atoms with van der Waals surface area (Å²) in [5.41, 5.74) is 1.89. The Labute approximate surface area is 109 Å². The highest BCUT2D eigenvalue weighted by Gasteiger charge is 2.09. The highest BCUT2D eigenvalue weighted by molar-refractivity contribution is 7.98. The Kier molecular flexibility index (Phi) is 4.23. The van der Waals surface area contributed by atoms with Crippen molar-refractivity contribution in [3.05, 3.63) is 52.2 Å². The summed E-state index contributed by atoms with van der Waals surface area (Å²) in [5.74, 6) is -0.0128. The minimum absolute atomic E-state index is 0.0128. The zero-order chi connectivity index (χ0) is 12.1. The van der Waals surface area contributed by atoms with Crippen molar-refractivity contribution in [1.29, 1.82) is 0 Å². The van der Waals surface area contributed by atoms with Gasteiger partial charge in [0, 0.05) is 11.4 Å². The number of amides is 1. The first-order valence-corrected chi connectivity index (χ1v) is 7.40. The van der Waals surface area contributed by atoms with Gasteiger partial charge in [-0.25, -0.2) is 0 Å². The van der Waals surface area contributed by atoms with Crippen LogP contribution in [-0.2, 0) is 6.54 Å². The molecule has 17 heavy (non-hydrogen) atoms. The molecule has 2 aromatic rings. The van der Waals surface area contributed by atoms with Crippen LogP contribution in [0.2, 0.25) is 0 Å². The molecule has 2 nitrogen and oxygen atoms in total. The van der Waals surface area contributed by atoms with Gasteiger partial charge in [0.1, 0.15) is 0 Å². The molecule has 1 heterocycles. The number of carbonyl (C=O) groups excluding carboxylic acids is 1. The first-order valence-electron chi connectivity index (χ1n) is 5.23. The molecule has 0 radical (unpaired) electrons. The fourth-order valence-electron chi connectivity index (χ4n) is 1.50. The fourth-order valence-corrected chi connectivity index (χ4v) is 2.77. The average Bonchev–Trinajstić information content (AvgIpc) is 2.89. The number of nitrogens with one attached hydrogen (secondary N) is 1. The topological polar surface area (TPSA) is 29.1 Å². The smallest absolute Gasteiger partial charge is 0.252 e. The van der Waals surface area contributed by atoms with Crippen molar-refractivity contribution in [3.8, 4) is 0 Å². The number of carbonyl (C=O) groups is 1. The van der Waals surface area contributed by atoms with E-state index in [2.05, 4.69) is 5.32 Å². The van der Waals surface area contributed by atoms with Gasteiger partial charge in [-0.15, -0.1) is 11.8 Å². The van der Waals surface area contributed by atoms with Crippen molar-refractivity contribution >= 4 is 29.0 Å². The standard InChI is InChI=1S/C13H13NOS2/c1-16-12-5-3-2-4-11(12)13(15)14-8-10-6-7-17-9-10/h2-7,9H,8H2,1H3,(H,14,15). The Hall–Kier alpha value is -1.26. The second kappa shape index (κ2) is 5.89. The van der Waals surface area contributed by atoms with Crippen LogP contribution in [0.1, 0.15) is 15.9 Å². The molecule has 1 amide bonds. The van der Waals surface area contributed by atoms with Gasteiger partial charge in [0.2, 0.25) is 0 Å². The van der Waals surface area contributed by atoms with Crippen LogP contribution in [0.5, 0.6) is 0 Å². The van der Waals surface area contributed by atoms with Crippen LogP contribution in [0.25, 0.3) is 0 Å². The van der Waals surface area contributed by atoms with Crippen LogP contribution >= 0.6 is 23.1 Å². The van der Waals surface area contributed by atoms with Gasteiger partial charge >= 0.3 is 0 Å². The van der Waals surface area contributed by atoms with Crippen molar-refractivity contribution < 1.29 is 4.79 Å². The molecule has 0 spiro atoms. The normalized spacial score (nSPS) is 10.2. The van der Waals surface area contributed by atoms with Gasteiger partial charge in [-0.3, -0.25) is 4.79 Å². The zero-order valence-corrected chi connectivity index (χ0v) is 11.1. The third kappa shape index (κ3) is 3.11. The number of thiophene rings is 1. The second-order valence-corrected chi connectivity index (χ2v) is 5.14. The van der Waals surface area contributed by atoms with E-state index in [9.17, 15) is 4.79 Å². The predicted octanol–water partition coefficient (Wildman–Crippen LogP) is 3.40. The van der Waals surface area contributed by atoms with E-state index < -0.39 is 0 Å². The third-order valence-corrected chi connectivity index (χ3v) is 3.91. The van der Waals surface area contributed by atoms with Crippen LogP contribution in [-0.4, -0.2) is 12.2 Å². The van der Waals surface area contributed by atoms with Crippen LogP contribution in [0.15, 0.2) is 46.0 Å². The molecular formula is C13H13NOS2. The van der Waals surface area contributed by atoms with E-state index in [1.807, 2.05) is 47.3 Å². The molecule has 2 rings (SSSR count). The molecule has 88 valence electrons. The highest BCUT2D eigenvalue weighted by atomic mass is 32.2. The Bertz CT molecular complexity index is 494. The molecule has 1 aromatic heterocycles. The number of thioether (sulfide) groups is 1. The van der Waals surface area contributed by atoms with Gasteiger partial charge in [-0.05, 0) is 40.8 Å². The Morgan fingerprint density at radius 1 is 1.35 bits per heavy atom. The van der Waals surface area contributed by atoms with E-state index >= 15 is 0 Å². The quantitative estimate of drug-likeness (QED) is 0.857. The van der Waals surface area contributed by atoms with Crippen molar-refractivity contribution in [2.45, 2.75) is 11.4 Å². The molecule has 0 bridgehead atoms. The second-order valence-electron chi connectivity index (χ2n) is 3.51. The lowest BCUT2D eigenvalue weighted by Crippen LogP contribution is -2.23. The maximum atomic E-state index is 12.0.